The minimum absolute atomic E-state index is 0.0545. The number of esters is 1. The van der Waals surface area contributed by atoms with Gasteiger partial charge in [0.25, 0.3) is 0 Å². The van der Waals surface area contributed by atoms with Crippen molar-refractivity contribution in [2.24, 2.45) is 0 Å². The molecule has 0 spiro atoms. The molecule has 0 bridgehead atoms. The van der Waals surface area contributed by atoms with Crippen LogP contribution in [-0.4, -0.2) is 27.1 Å². The number of halogens is 3. The van der Waals surface area contributed by atoms with Gasteiger partial charge in [-0.25, -0.2) is 9.67 Å². The first kappa shape index (κ1) is 26.9. The van der Waals surface area contributed by atoms with Gasteiger partial charge in [0, 0.05) is 5.56 Å². The number of carbonyl (C=O) groups excluding carboxylic acids is 1. The maximum absolute atomic E-state index is 12.5. The number of carbonyl (C=O) groups is 1. The molecule has 0 amide bonds. The molecule has 0 N–H and O–H groups in total. The Labute approximate surface area is 219 Å². The predicted molar refractivity (Wildman–Crippen MR) is 137 cm³/mol. The van der Waals surface area contributed by atoms with E-state index in [2.05, 4.69) is 47.7 Å². The van der Waals surface area contributed by atoms with Crippen molar-refractivity contribution in [3.63, 3.8) is 0 Å². The second kappa shape index (κ2) is 10.7. The molecule has 1 aromatic heterocycles. The molecule has 0 saturated heterocycles. The lowest BCUT2D eigenvalue weighted by Gasteiger charge is -2.20. The molecule has 9 heteroatoms. The van der Waals surface area contributed by atoms with Gasteiger partial charge in [0.1, 0.15) is 18.2 Å². The lowest BCUT2D eigenvalue weighted by atomic mass is 9.86. The summed E-state index contributed by atoms with van der Waals surface area (Å²) in [6, 6.07) is 20.6. The van der Waals surface area contributed by atoms with Gasteiger partial charge in [0.05, 0.1) is 12.1 Å². The van der Waals surface area contributed by atoms with Crippen molar-refractivity contribution < 1.29 is 27.4 Å². The topological polar surface area (TPSA) is 66.2 Å². The van der Waals surface area contributed by atoms with Gasteiger partial charge in [-0.1, -0.05) is 69.3 Å². The van der Waals surface area contributed by atoms with Crippen molar-refractivity contribution in [2.45, 2.75) is 52.0 Å². The van der Waals surface area contributed by atoms with Crippen molar-refractivity contribution in [1.82, 2.24) is 14.8 Å². The quantitative estimate of drug-likeness (QED) is 0.245. The van der Waals surface area contributed by atoms with Crippen LogP contribution in [0, 0.1) is 0 Å². The monoisotopic (exact) mass is 523 g/mol. The average Bonchev–Trinajstić information content (AvgIpc) is 3.34. The van der Waals surface area contributed by atoms with Crippen LogP contribution in [0.25, 0.3) is 17.1 Å². The molecule has 0 aliphatic heterocycles. The van der Waals surface area contributed by atoms with E-state index in [1.54, 1.807) is 12.1 Å². The summed E-state index contributed by atoms with van der Waals surface area (Å²) in [5.41, 5.74) is 4.25. The molecule has 4 aromatic rings. The summed E-state index contributed by atoms with van der Waals surface area (Å²) in [6.07, 6.45) is -3.52. The molecule has 1 atom stereocenters. The van der Waals surface area contributed by atoms with Crippen LogP contribution in [0.2, 0.25) is 0 Å². The highest BCUT2D eigenvalue weighted by Crippen LogP contribution is 2.26. The first-order valence-corrected chi connectivity index (χ1v) is 12.0. The fourth-order valence-corrected chi connectivity index (χ4v) is 3.82. The van der Waals surface area contributed by atoms with Crippen LogP contribution in [-0.2, 0) is 21.4 Å². The normalized spacial score (nSPS) is 12.7. The Morgan fingerprint density at radius 2 is 1.55 bits per heavy atom. The maximum atomic E-state index is 12.5. The Morgan fingerprint density at radius 3 is 2.13 bits per heavy atom. The van der Waals surface area contributed by atoms with E-state index in [4.69, 9.17) is 4.74 Å². The van der Waals surface area contributed by atoms with Crippen LogP contribution in [0.4, 0.5) is 13.2 Å². The lowest BCUT2D eigenvalue weighted by Crippen LogP contribution is -2.17. The molecule has 4 rings (SSSR count). The van der Waals surface area contributed by atoms with Crippen molar-refractivity contribution in [3.8, 4) is 22.8 Å². The fourth-order valence-electron chi connectivity index (χ4n) is 3.82. The number of benzene rings is 3. The largest absolute Gasteiger partial charge is 0.573 e. The van der Waals surface area contributed by atoms with Crippen LogP contribution < -0.4 is 4.74 Å². The molecule has 0 radical (unpaired) electrons. The van der Waals surface area contributed by atoms with E-state index in [0.717, 1.165) is 16.7 Å². The number of aromatic nitrogens is 3. The smallest absolute Gasteiger partial charge is 0.458 e. The average molecular weight is 524 g/mol. The number of ether oxygens (including phenoxy) is 2. The van der Waals surface area contributed by atoms with Gasteiger partial charge in [-0.15, -0.1) is 18.3 Å². The zero-order valence-corrected chi connectivity index (χ0v) is 21.5. The van der Waals surface area contributed by atoms with Crippen LogP contribution in [0.5, 0.6) is 5.75 Å². The van der Waals surface area contributed by atoms with E-state index in [0.29, 0.717) is 11.5 Å². The third-order valence-corrected chi connectivity index (χ3v) is 5.94. The standard InChI is InChI=1S/C29H28F3N3O3/c1-19(21-9-11-23(12-10-21)28(2,3)4)37-26(36)17-20-5-7-22(8-6-20)27-33-18-35(34-27)24-13-15-25(16-14-24)38-29(30,31)32/h5-16,18-19H,17H2,1-4H3. The van der Waals surface area contributed by atoms with Crippen LogP contribution >= 0.6 is 0 Å². The van der Waals surface area contributed by atoms with E-state index in [1.165, 1.54) is 40.8 Å². The maximum Gasteiger partial charge on any atom is 0.573 e. The Balaban J connectivity index is 1.35. The van der Waals surface area contributed by atoms with Crippen LogP contribution in [0.1, 0.15) is 50.5 Å². The zero-order chi connectivity index (χ0) is 27.5. The first-order valence-electron chi connectivity index (χ1n) is 12.0. The number of rotatable bonds is 7. The third kappa shape index (κ3) is 7.00. The number of nitrogens with zero attached hydrogens (tertiary/aromatic N) is 3. The second-order valence-electron chi connectivity index (χ2n) is 9.93. The van der Waals surface area contributed by atoms with Crippen molar-refractivity contribution in [1.29, 1.82) is 0 Å². The minimum atomic E-state index is -4.75. The summed E-state index contributed by atoms with van der Waals surface area (Å²) in [6.45, 7) is 8.30. The molecule has 198 valence electrons. The molecule has 0 fully saturated rings. The van der Waals surface area contributed by atoms with Crippen LogP contribution in [0.3, 0.4) is 0 Å². The summed E-state index contributed by atoms with van der Waals surface area (Å²) < 4.78 is 48.0. The Kier molecular flexibility index (Phi) is 7.57. The molecule has 0 aliphatic rings. The molecule has 38 heavy (non-hydrogen) atoms. The molecule has 1 unspecified atom stereocenters. The lowest BCUT2D eigenvalue weighted by molar-refractivity contribution is -0.274. The van der Waals surface area contributed by atoms with Gasteiger partial charge < -0.3 is 9.47 Å². The zero-order valence-electron chi connectivity index (χ0n) is 21.5. The summed E-state index contributed by atoms with van der Waals surface area (Å²) in [5, 5.41) is 4.39. The van der Waals surface area contributed by atoms with Gasteiger partial charge in [-0.3, -0.25) is 4.79 Å². The summed E-state index contributed by atoms with van der Waals surface area (Å²) in [4.78, 5) is 16.8. The Morgan fingerprint density at radius 1 is 0.921 bits per heavy atom. The van der Waals surface area contributed by atoms with E-state index >= 15 is 0 Å². The molecule has 0 aliphatic carbocycles. The van der Waals surface area contributed by atoms with Crippen molar-refractivity contribution in [2.75, 3.05) is 0 Å². The molecule has 1 heterocycles. The minimum Gasteiger partial charge on any atom is -0.458 e. The molecule has 3 aromatic carbocycles. The first-order chi connectivity index (χ1) is 17.9. The van der Waals surface area contributed by atoms with Gasteiger partial charge in [0.15, 0.2) is 5.82 Å². The SMILES string of the molecule is CC(OC(=O)Cc1ccc(-c2ncn(-c3ccc(OC(F)(F)F)cc3)n2)cc1)c1ccc(C(C)(C)C)cc1. The number of hydrogen-bond donors (Lipinski definition) is 0. The Hall–Kier alpha value is -4.14. The summed E-state index contributed by atoms with van der Waals surface area (Å²) >= 11 is 0. The van der Waals surface area contributed by atoms with Crippen LogP contribution in [0.15, 0.2) is 79.1 Å². The highest BCUT2D eigenvalue weighted by Gasteiger charge is 2.31. The van der Waals surface area contributed by atoms with E-state index < -0.39 is 6.36 Å². The molecule has 0 saturated carbocycles. The van der Waals surface area contributed by atoms with E-state index in [-0.39, 0.29) is 29.7 Å². The van der Waals surface area contributed by atoms with Crippen molar-refractivity contribution >= 4 is 5.97 Å². The highest BCUT2D eigenvalue weighted by atomic mass is 19.4. The van der Waals surface area contributed by atoms with E-state index in [9.17, 15) is 18.0 Å². The van der Waals surface area contributed by atoms with Gasteiger partial charge in [-0.05, 0) is 53.3 Å². The number of hydrogen-bond acceptors (Lipinski definition) is 5. The molecule has 6 nitrogen and oxygen atoms in total. The Bertz CT molecular complexity index is 1370. The fraction of sp³-hybridized carbons (Fsp3) is 0.276. The predicted octanol–water partition coefficient (Wildman–Crippen LogP) is 6.98. The molecular weight excluding hydrogens is 495 g/mol. The van der Waals surface area contributed by atoms with Crippen molar-refractivity contribution in [3.05, 3.63) is 95.8 Å². The summed E-state index contributed by atoms with van der Waals surface area (Å²) in [5.74, 6) is -0.212. The number of alkyl halides is 3. The van der Waals surface area contributed by atoms with Gasteiger partial charge >= 0.3 is 12.3 Å². The van der Waals surface area contributed by atoms with E-state index in [1.807, 2.05) is 31.2 Å². The highest BCUT2D eigenvalue weighted by molar-refractivity contribution is 5.73. The molecular formula is C29H28F3N3O3. The van der Waals surface area contributed by atoms with Gasteiger partial charge in [-0.2, -0.15) is 0 Å². The summed E-state index contributed by atoms with van der Waals surface area (Å²) in [7, 11) is 0. The third-order valence-electron chi connectivity index (χ3n) is 5.94. The second-order valence-corrected chi connectivity index (χ2v) is 9.93. The van der Waals surface area contributed by atoms with Gasteiger partial charge in [0.2, 0.25) is 0 Å².